The summed E-state index contributed by atoms with van der Waals surface area (Å²) in [6.07, 6.45) is 0. The first-order valence-electron chi connectivity index (χ1n) is 10.4. The fraction of sp³-hybridized carbons (Fsp3) is 0.160. The number of carbonyl (C=O) groups is 2. The summed E-state index contributed by atoms with van der Waals surface area (Å²) in [5.74, 6) is 0.431. The molecule has 7 nitrogen and oxygen atoms in total. The van der Waals surface area contributed by atoms with Crippen LogP contribution in [0.1, 0.15) is 27.0 Å². The van der Waals surface area contributed by atoms with Crippen molar-refractivity contribution in [1.82, 2.24) is 4.98 Å². The molecule has 0 bridgehead atoms. The van der Waals surface area contributed by atoms with Crippen LogP contribution in [0.4, 0.5) is 21.3 Å². The summed E-state index contributed by atoms with van der Waals surface area (Å²) in [4.78, 5) is 29.8. The first kappa shape index (κ1) is 23.7. The summed E-state index contributed by atoms with van der Waals surface area (Å²) in [6, 6.07) is 14.2. The van der Waals surface area contributed by atoms with Crippen LogP contribution < -0.4 is 20.7 Å². The minimum absolute atomic E-state index is 0.194. The number of ether oxygens (including phenoxy) is 1. The van der Waals surface area contributed by atoms with E-state index in [4.69, 9.17) is 4.74 Å². The van der Waals surface area contributed by atoms with Crippen molar-refractivity contribution in [3.63, 3.8) is 0 Å². The third kappa shape index (κ3) is 5.21. The lowest BCUT2D eigenvalue weighted by Gasteiger charge is -2.12. The number of halogens is 1. The van der Waals surface area contributed by atoms with Crippen molar-refractivity contribution >= 4 is 65.9 Å². The SMILES string of the molecule is COc1ccc(Br)c(NC(=O)Nc2nc3ccc(C(=O)Nc4c(C)cc(C)cc4C)cc3s2)c1. The molecule has 4 aromatic rings. The molecule has 0 saturated carbocycles. The maximum absolute atomic E-state index is 12.9. The topological polar surface area (TPSA) is 92.3 Å². The molecule has 3 aromatic carbocycles. The molecule has 174 valence electrons. The lowest BCUT2D eigenvalue weighted by molar-refractivity contribution is 0.102. The summed E-state index contributed by atoms with van der Waals surface area (Å²) in [7, 11) is 1.56. The molecule has 0 aliphatic rings. The van der Waals surface area contributed by atoms with Crippen LogP contribution in [-0.2, 0) is 0 Å². The van der Waals surface area contributed by atoms with Gasteiger partial charge in [-0.15, -0.1) is 0 Å². The van der Waals surface area contributed by atoms with Crippen molar-refractivity contribution in [3.8, 4) is 5.75 Å². The Kier molecular flexibility index (Phi) is 6.85. The van der Waals surface area contributed by atoms with Crippen molar-refractivity contribution in [2.24, 2.45) is 0 Å². The van der Waals surface area contributed by atoms with E-state index in [9.17, 15) is 9.59 Å². The number of carbonyl (C=O) groups excluding carboxylic acids is 2. The molecule has 0 saturated heterocycles. The Morgan fingerprint density at radius 2 is 1.68 bits per heavy atom. The van der Waals surface area contributed by atoms with Crippen molar-refractivity contribution < 1.29 is 14.3 Å². The number of nitrogens with one attached hydrogen (secondary N) is 3. The van der Waals surface area contributed by atoms with Crippen LogP contribution in [0.15, 0.2) is 53.0 Å². The van der Waals surface area contributed by atoms with E-state index in [1.54, 1.807) is 43.5 Å². The van der Waals surface area contributed by atoms with Crippen LogP contribution >= 0.6 is 27.3 Å². The molecule has 4 rings (SSSR count). The highest BCUT2D eigenvalue weighted by Gasteiger charge is 2.14. The molecule has 1 heterocycles. The Labute approximate surface area is 209 Å². The molecule has 0 fully saturated rings. The molecule has 1 aromatic heterocycles. The second kappa shape index (κ2) is 9.82. The molecule has 9 heteroatoms. The molecule has 0 aliphatic heterocycles. The Morgan fingerprint density at radius 1 is 0.941 bits per heavy atom. The van der Waals surface area contributed by atoms with Gasteiger partial charge in [-0.2, -0.15) is 0 Å². The van der Waals surface area contributed by atoms with Crippen LogP contribution in [0, 0.1) is 20.8 Å². The van der Waals surface area contributed by atoms with Gasteiger partial charge < -0.3 is 15.4 Å². The second-order valence-electron chi connectivity index (χ2n) is 7.85. The van der Waals surface area contributed by atoms with Gasteiger partial charge in [0.05, 0.1) is 23.0 Å². The number of nitrogens with zero attached hydrogens (tertiary/aromatic N) is 1. The molecule has 34 heavy (non-hydrogen) atoms. The summed E-state index contributed by atoms with van der Waals surface area (Å²) < 4.78 is 6.72. The predicted molar refractivity (Wildman–Crippen MR) is 142 cm³/mol. The third-order valence-corrected chi connectivity index (χ3v) is 6.83. The molecule has 3 N–H and O–H groups in total. The number of benzene rings is 3. The highest BCUT2D eigenvalue weighted by molar-refractivity contribution is 9.10. The van der Waals surface area contributed by atoms with Gasteiger partial charge >= 0.3 is 6.03 Å². The average molecular weight is 539 g/mol. The number of aryl methyl sites for hydroxylation is 3. The van der Waals surface area contributed by atoms with E-state index in [0.717, 1.165) is 31.6 Å². The summed E-state index contributed by atoms with van der Waals surface area (Å²) in [6.45, 7) is 5.99. The zero-order valence-corrected chi connectivity index (χ0v) is 21.5. The van der Waals surface area contributed by atoms with Crippen LogP contribution in [0.3, 0.4) is 0 Å². The fourth-order valence-corrected chi connectivity index (χ4v) is 4.91. The van der Waals surface area contributed by atoms with Gasteiger partial charge in [0.15, 0.2) is 5.13 Å². The van der Waals surface area contributed by atoms with E-state index in [2.05, 4.69) is 36.9 Å². The standard InChI is InChI=1S/C25H23BrN4O3S/c1-13-9-14(2)22(15(3)10-13)29-23(31)16-5-8-19-21(11-16)34-25(28-19)30-24(32)27-20-12-17(33-4)6-7-18(20)26/h5-12H,1-4H3,(H,29,31)(H2,27,28,30,32). The minimum atomic E-state index is -0.434. The van der Waals surface area contributed by atoms with Gasteiger partial charge in [-0.25, -0.2) is 9.78 Å². The number of hydrogen-bond donors (Lipinski definition) is 3. The quantitative estimate of drug-likeness (QED) is 0.258. The van der Waals surface area contributed by atoms with E-state index in [1.807, 2.05) is 32.9 Å². The molecule has 0 aliphatic carbocycles. The van der Waals surface area contributed by atoms with Crippen LogP contribution in [0.5, 0.6) is 5.75 Å². The third-order valence-electron chi connectivity index (χ3n) is 5.21. The largest absolute Gasteiger partial charge is 0.497 e. The van der Waals surface area contributed by atoms with E-state index in [-0.39, 0.29) is 5.91 Å². The number of rotatable bonds is 5. The highest BCUT2D eigenvalue weighted by Crippen LogP contribution is 2.30. The number of amides is 3. The zero-order chi connectivity index (χ0) is 24.4. The predicted octanol–water partition coefficient (Wildman–Crippen LogP) is 6.89. The van der Waals surface area contributed by atoms with Crippen LogP contribution in [0.25, 0.3) is 10.2 Å². The average Bonchev–Trinajstić information content (AvgIpc) is 3.18. The van der Waals surface area contributed by atoms with Gasteiger partial charge in [-0.05, 0) is 78.2 Å². The molecular formula is C25H23BrN4O3S. The van der Waals surface area contributed by atoms with Gasteiger partial charge in [0, 0.05) is 21.8 Å². The first-order valence-corrected chi connectivity index (χ1v) is 12.1. The minimum Gasteiger partial charge on any atom is -0.497 e. The van der Waals surface area contributed by atoms with Crippen molar-refractivity contribution in [2.75, 3.05) is 23.1 Å². The molecule has 3 amide bonds. The van der Waals surface area contributed by atoms with Crippen LogP contribution in [-0.4, -0.2) is 24.0 Å². The van der Waals surface area contributed by atoms with E-state index in [1.165, 1.54) is 11.3 Å². The monoisotopic (exact) mass is 538 g/mol. The smallest absolute Gasteiger partial charge is 0.325 e. The molecule has 0 radical (unpaired) electrons. The number of methoxy groups -OCH3 is 1. The van der Waals surface area contributed by atoms with Gasteiger partial charge in [0.2, 0.25) is 0 Å². The number of urea groups is 1. The Morgan fingerprint density at radius 3 is 2.38 bits per heavy atom. The van der Waals surface area contributed by atoms with E-state index >= 15 is 0 Å². The van der Waals surface area contributed by atoms with E-state index < -0.39 is 6.03 Å². The Hall–Kier alpha value is -3.43. The molecular weight excluding hydrogens is 516 g/mol. The zero-order valence-electron chi connectivity index (χ0n) is 19.1. The van der Waals surface area contributed by atoms with Crippen LogP contribution in [0.2, 0.25) is 0 Å². The Balaban J connectivity index is 1.49. The van der Waals surface area contributed by atoms with Gasteiger partial charge in [-0.3, -0.25) is 10.1 Å². The number of aromatic nitrogens is 1. The number of hydrogen-bond acceptors (Lipinski definition) is 5. The lowest BCUT2D eigenvalue weighted by atomic mass is 10.0. The lowest BCUT2D eigenvalue weighted by Crippen LogP contribution is -2.19. The highest BCUT2D eigenvalue weighted by atomic mass is 79.9. The normalized spacial score (nSPS) is 10.7. The first-order chi connectivity index (χ1) is 16.2. The fourth-order valence-electron chi connectivity index (χ4n) is 3.66. The number of anilines is 3. The molecule has 0 spiro atoms. The van der Waals surface area contributed by atoms with Crippen molar-refractivity contribution in [2.45, 2.75) is 20.8 Å². The van der Waals surface area contributed by atoms with Crippen molar-refractivity contribution in [1.29, 1.82) is 0 Å². The summed E-state index contributed by atoms with van der Waals surface area (Å²) in [5, 5.41) is 8.97. The summed E-state index contributed by atoms with van der Waals surface area (Å²) in [5.41, 5.74) is 5.80. The number of thiazole rings is 1. The molecule has 0 unspecified atom stereocenters. The summed E-state index contributed by atoms with van der Waals surface area (Å²) >= 11 is 4.70. The van der Waals surface area contributed by atoms with Gasteiger partial charge in [-0.1, -0.05) is 29.0 Å². The maximum Gasteiger partial charge on any atom is 0.325 e. The Bertz CT molecular complexity index is 1390. The van der Waals surface area contributed by atoms with Gasteiger partial charge in [0.1, 0.15) is 5.75 Å². The maximum atomic E-state index is 12.9. The van der Waals surface area contributed by atoms with Crippen molar-refractivity contribution in [3.05, 3.63) is 75.3 Å². The van der Waals surface area contributed by atoms with E-state index in [0.29, 0.717) is 27.6 Å². The molecule has 0 atom stereocenters. The van der Waals surface area contributed by atoms with Gasteiger partial charge in [0.25, 0.3) is 5.91 Å². The number of fused-ring (bicyclic) bond motifs is 1. The second-order valence-corrected chi connectivity index (χ2v) is 9.74.